The van der Waals surface area contributed by atoms with Crippen molar-refractivity contribution < 1.29 is 18.9 Å². The van der Waals surface area contributed by atoms with Gasteiger partial charge in [0.1, 0.15) is 5.82 Å². The second kappa shape index (κ2) is 8.42. The van der Waals surface area contributed by atoms with Gasteiger partial charge in [0.15, 0.2) is 13.1 Å². The zero-order chi connectivity index (χ0) is 19.2. The number of hydrogen-bond acceptors (Lipinski definition) is 2. The van der Waals surface area contributed by atoms with Gasteiger partial charge in [0.05, 0.1) is 7.05 Å². The number of benzene rings is 3. The van der Waals surface area contributed by atoms with Gasteiger partial charge in [-0.05, 0) is 35.7 Å². The topological polar surface area (TPSA) is 62.6 Å². The summed E-state index contributed by atoms with van der Waals surface area (Å²) < 4.78 is 12.9. The number of carbonyl (C=O) groups is 2. The minimum atomic E-state index is -0.360. The van der Waals surface area contributed by atoms with E-state index in [-0.39, 0.29) is 30.7 Å². The summed E-state index contributed by atoms with van der Waals surface area (Å²) in [5, 5.41) is 7.62. The Kier molecular flexibility index (Phi) is 5.78. The summed E-state index contributed by atoms with van der Waals surface area (Å²) in [6, 6.07) is 19.1. The van der Waals surface area contributed by atoms with Crippen molar-refractivity contribution in [2.75, 3.05) is 30.8 Å². The average molecular weight is 366 g/mol. The van der Waals surface area contributed by atoms with Crippen LogP contribution in [-0.4, -0.2) is 32.0 Å². The Labute approximate surface area is 156 Å². The minimum Gasteiger partial charge on any atom is -0.322 e. The van der Waals surface area contributed by atoms with Crippen LogP contribution in [0.3, 0.4) is 0 Å². The Bertz CT molecular complexity index is 952. The minimum absolute atomic E-state index is 0.125. The maximum atomic E-state index is 12.9. The molecule has 0 aliphatic carbocycles. The van der Waals surface area contributed by atoms with Gasteiger partial charge in [0, 0.05) is 16.8 Å². The fourth-order valence-corrected chi connectivity index (χ4v) is 2.88. The first-order valence-corrected chi connectivity index (χ1v) is 8.65. The molecular formula is C21H21FN3O2+. The van der Waals surface area contributed by atoms with Crippen molar-refractivity contribution in [3.05, 3.63) is 72.5 Å². The first-order valence-electron chi connectivity index (χ1n) is 8.65. The zero-order valence-corrected chi connectivity index (χ0v) is 15.0. The molecule has 138 valence electrons. The van der Waals surface area contributed by atoms with Crippen molar-refractivity contribution in [2.45, 2.75) is 0 Å². The third kappa shape index (κ3) is 5.12. The van der Waals surface area contributed by atoms with E-state index in [2.05, 4.69) is 10.6 Å². The molecule has 3 aromatic rings. The Balaban J connectivity index is 1.54. The Morgan fingerprint density at radius 1 is 0.852 bits per heavy atom. The van der Waals surface area contributed by atoms with Gasteiger partial charge in [0.25, 0.3) is 11.8 Å². The van der Waals surface area contributed by atoms with Gasteiger partial charge in [-0.3, -0.25) is 9.59 Å². The van der Waals surface area contributed by atoms with E-state index in [4.69, 9.17) is 0 Å². The van der Waals surface area contributed by atoms with E-state index in [1.54, 1.807) is 7.05 Å². The lowest BCUT2D eigenvalue weighted by atomic mass is 10.1. The second-order valence-electron chi connectivity index (χ2n) is 6.44. The molecular weight excluding hydrogens is 345 g/mol. The first kappa shape index (κ1) is 18.5. The second-order valence-corrected chi connectivity index (χ2v) is 6.44. The lowest BCUT2D eigenvalue weighted by molar-refractivity contribution is -0.862. The zero-order valence-electron chi connectivity index (χ0n) is 15.0. The molecule has 0 radical (unpaired) electrons. The number of quaternary nitrogens is 1. The van der Waals surface area contributed by atoms with Crippen molar-refractivity contribution in [2.24, 2.45) is 0 Å². The highest BCUT2D eigenvalue weighted by atomic mass is 19.1. The molecule has 5 nitrogen and oxygen atoms in total. The molecule has 0 fully saturated rings. The number of nitrogens with one attached hydrogen (secondary N) is 3. The van der Waals surface area contributed by atoms with Gasteiger partial charge in [0.2, 0.25) is 0 Å². The molecule has 0 spiro atoms. The van der Waals surface area contributed by atoms with Gasteiger partial charge < -0.3 is 15.5 Å². The number of halogens is 1. The number of amides is 2. The van der Waals surface area contributed by atoms with Gasteiger partial charge in [-0.15, -0.1) is 0 Å². The average Bonchev–Trinajstić information content (AvgIpc) is 2.63. The maximum absolute atomic E-state index is 12.9. The summed E-state index contributed by atoms with van der Waals surface area (Å²) in [5.74, 6) is -0.767. The molecule has 6 heteroatoms. The predicted molar refractivity (Wildman–Crippen MR) is 104 cm³/mol. The highest BCUT2D eigenvalue weighted by molar-refractivity contribution is 6.02. The van der Waals surface area contributed by atoms with E-state index in [0.29, 0.717) is 5.69 Å². The molecule has 1 unspecified atom stereocenters. The Morgan fingerprint density at radius 3 is 2.22 bits per heavy atom. The van der Waals surface area contributed by atoms with Crippen LogP contribution in [0.15, 0.2) is 66.7 Å². The Hall–Kier alpha value is -3.25. The van der Waals surface area contributed by atoms with Crippen LogP contribution in [0.25, 0.3) is 10.8 Å². The van der Waals surface area contributed by atoms with Crippen molar-refractivity contribution in [1.29, 1.82) is 0 Å². The monoisotopic (exact) mass is 366 g/mol. The maximum Gasteiger partial charge on any atom is 0.279 e. The number of carbonyl (C=O) groups excluding carboxylic acids is 2. The number of anilines is 2. The fourth-order valence-electron chi connectivity index (χ4n) is 2.88. The smallest absolute Gasteiger partial charge is 0.279 e. The Morgan fingerprint density at radius 2 is 1.48 bits per heavy atom. The number of fused-ring (bicyclic) bond motifs is 1. The normalized spacial score (nSPS) is 11.8. The summed E-state index contributed by atoms with van der Waals surface area (Å²) in [6.45, 7) is 0.278. The van der Waals surface area contributed by atoms with Gasteiger partial charge >= 0.3 is 0 Å². The van der Waals surface area contributed by atoms with Crippen LogP contribution in [0.4, 0.5) is 15.8 Å². The third-order valence-electron chi connectivity index (χ3n) is 4.12. The molecule has 0 aliphatic rings. The van der Waals surface area contributed by atoms with E-state index < -0.39 is 0 Å². The lowest BCUT2D eigenvalue weighted by Gasteiger charge is -2.14. The van der Waals surface area contributed by atoms with Crippen LogP contribution in [0, 0.1) is 5.82 Å². The SMILES string of the molecule is C[NH+](CC(=O)Nc1ccc(F)cc1)CC(=O)Nc1cccc2ccccc12. The molecule has 0 heterocycles. The van der Waals surface area contributed by atoms with Crippen LogP contribution < -0.4 is 15.5 Å². The standard InChI is InChI=1S/C21H20FN3O2/c1-25(13-20(26)23-17-11-9-16(22)10-12-17)14-21(27)24-19-8-4-6-15-5-2-3-7-18(15)19/h2-12H,13-14H2,1H3,(H,23,26)(H,24,27)/p+1. The molecule has 27 heavy (non-hydrogen) atoms. The summed E-state index contributed by atoms with van der Waals surface area (Å²) in [4.78, 5) is 25.1. The highest BCUT2D eigenvalue weighted by Gasteiger charge is 2.15. The van der Waals surface area contributed by atoms with Crippen LogP contribution in [0.5, 0.6) is 0 Å². The van der Waals surface area contributed by atoms with Crippen molar-refractivity contribution >= 4 is 34.0 Å². The summed E-state index contributed by atoms with van der Waals surface area (Å²) in [7, 11) is 1.77. The van der Waals surface area contributed by atoms with Gasteiger partial charge in [-0.1, -0.05) is 36.4 Å². The largest absolute Gasteiger partial charge is 0.322 e. The number of rotatable bonds is 6. The van der Waals surface area contributed by atoms with Gasteiger partial charge in [-0.25, -0.2) is 4.39 Å². The van der Waals surface area contributed by atoms with Crippen LogP contribution in [0.1, 0.15) is 0 Å². The quantitative estimate of drug-likeness (QED) is 0.625. The van der Waals surface area contributed by atoms with Crippen LogP contribution in [-0.2, 0) is 9.59 Å². The molecule has 0 saturated heterocycles. The summed E-state index contributed by atoms with van der Waals surface area (Å²) in [6.07, 6.45) is 0. The molecule has 3 N–H and O–H groups in total. The number of hydrogen-bond donors (Lipinski definition) is 3. The summed E-state index contributed by atoms with van der Waals surface area (Å²) >= 11 is 0. The number of likely N-dealkylation sites (N-methyl/N-ethyl adjacent to an activating group) is 1. The van der Waals surface area contributed by atoms with Crippen molar-refractivity contribution in [3.8, 4) is 0 Å². The van der Waals surface area contributed by atoms with E-state index in [1.165, 1.54) is 24.3 Å². The predicted octanol–water partition coefficient (Wildman–Crippen LogP) is 2.07. The fraction of sp³-hybridized carbons (Fsp3) is 0.143. The molecule has 0 aromatic heterocycles. The van der Waals surface area contributed by atoms with E-state index in [0.717, 1.165) is 21.4 Å². The molecule has 2 amide bonds. The molecule has 3 aromatic carbocycles. The molecule has 1 atom stereocenters. The van der Waals surface area contributed by atoms with Crippen LogP contribution in [0.2, 0.25) is 0 Å². The first-order chi connectivity index (χ1) is 13.0. The van der Waals surface area contributed by atoms with Crippen molar-refractivity contribution in [3.63, 3.8) is 0 Å². The molecule has 3 rings (SSSR count). The van der Waals surface area contributed by atoms with E-state index >= 15 is 0 Å². The highest BCUT2D eigenvalue weighted by Crippen LogP contribution is 2.22. The molecule has 0 saturated carbocycles. The molecule has 0 aliphatic heterocycles. The van der Waals surface area contributed by atoms with E-state index in [9.17, 15) is 14.0 Å². The van der Waals surface area contributed by atoms with E-state index in [1.807, 2.05) is 42.5 Å². The summed E-state index contributed by atoms with van der Waals surface area (Å²) in [5.41, 5.74) is 1.27. The third-order valence-corrected chi connectivity index (χ3v) is 4.12. The van der Waals surface area contributed by atoms with Gasteiger partial charge in [-0.2, -0.15) is 0 Å². The molecule has 0 bridgehead atoms. The van der Waals surface area contributed by atoms with Crippen molar-refractivity contribution in [1.82, 2.24) is 0 Å². The lowest BCUT2D eigenvalue weighted by Crippen LogP contribution is -3.11. The van der Waals surface area contributed by atoms with Crippen LogP contribution >= 0.6 is 0 Å².